The second-order valence-electron chi connectivity index (χ2n) is 3.78. The minimum Gasteiger partial charge on any atom is -0.607 e. The molecule has 1 rings (SSSR count). The van der Waals surface area contributed by atoms with Crippen molar-refractivity contribution in [1.82, 2.24) is 4.90 Å². The molecule has 0 N–H and O–H groups in total. The van der Waals surface area contributed by atoms with Crippen molar-refractivity contribution < 1.29 is 9.35 Å². The van der Waals surface area contributed by atoms with E-state index in [1.807, 2.05) is 20.8 Å². The van der Waals surface area contributed by atoms with E-state index < -0.39 is 11.2 Å². The highest BCUT2D eigenvalue weighted by molar-refractivity contribution is 8.06. The van der Waals surface area contributed by atoms with Gasteiger partial charge in [-0.25, -0.2) is 4.79 Å². The topological polar surface area (TPSA) is 43.4 Å². The molecule has 3 nitrogen and oxygen atoms in total. The highest BCUT2D eigenvalue weighted by atomic mass is 32.2. The Morgan fingerprint density at radius 2 is 2.00 bits per heavy atom. The van der Waals surface area contributed by atoms with Crippen molar-refractivity contribution in [3.63, 3.8) is 0 Å². The van der Waals surface area contributed by atoms with Gasteiger partial charge < -0.3 is 4.55 Å². The van der Waals surface area contributed by atoms with Gasteiger partial charge in [0.05, 0.1) is 0 Å². The number of nitrogens with zero attached hydrogens (tertiary/aromatic N) is 1. The lowest BCUT2D eigenvalue weighted by Crippen LogP contribution is -2.39. The molecule has 14 heavy (non-hydrogen) atoms. The first kappa shape index (κ1) is 11.9. The van der Waals surface area contributed by atoms with Crippen LogP contribution in [0.3, 0.4) is 0 Å². The van der Waals surface area contributed by atoms with E-state index in [2.05, 4.69) is 0 Å². The van der Waals surface area contributed by atoms with Crippen LogP contribution < -0.4 is 0 Å². The zero-order valence-corrected chi connectivity index (χ0v) is 9.97. The van der Waals surface area contributed by atoms with E-state index >= 15 is 0 Å². The number of carbonyl (C=O) groups excluding carboxylic acids is 1. The molecule has 1 aliphatic rings. The lowest BCUT2D eigenvalue weighted by atomic mass is 10.3. The van der Waals surface area contributed by atoms with Crippen molar-refractivity contribution in [2.75, 3.05) is 13.1 Å². The number of rotatable bonds is 4. The molecule has 0 aromatic carbocycles. The molecule has 0 heterocycles. The van der Waals surface area contributed by atoms with Gasteiger partial charge in [-0.3, -0.25) is 4.90 Å². The normalized spacial score (nSPS) is 20.3. The van der Waals surface area contributed by atoms with Crippen molar-refractivity contribution in [3.8, 4) is 0 Å². The smallest absolute Gasteiger partial charge is 0.429 e. The van der Waals surface area contributed by atoms with E-state index in [9.17, 15) is 9.35 Å². The van der Waals surface area contributed by atoms with Crippen LogP contribution in [0.25, 0.3) is 0 Å². The average Bonchev–Trinajstić information content (AvgIpc) is 3.00. The predicted molar refractivity (Wildman–Crippen MR) is 58.6 cm³/mol. The first-order chi connectivity index (χ1) is 6.61. The molecule has 2 unspecified atom stereocenters. The number of amides is 1. The van der Waals surface area contributed by atoms with Crippen LogP contribution in [-0.2, 0) is 11.2 Å². The van der Waals surface area contributed by atoms with Crippen molar-refractivity contribution >= 4 is 16.4 Å². The molecule has 0 bridgehead atoms. The Bertz CT molecular complexity index is 202. The molecular weight excluding hydrogens is 198 g/mol. The molecule has 0 aliphatic heterocycles. The minimum absolute atomic E-state index is 0.0445. The summed E-state index contributed by atoms with van der Waals surface area (Å²) in [5.41, 5.74) is 0. The van der Waals surface area contributed by atoms with Crippen LogP contribution in [0, 0.1) is 5.92 Å². The van der Waals surface area contributed by atoms with E-state index in [0.717, 1.165) is 12.8 Å². The molecule has 0 aromatic rings. The van der Waals surface area contributed by atoms with Crippen LogP contribution in [0.1, 0.15) is 33.6 Å². The monoisotopic (exact) mass is 217 g/mol. The summed E-state index contributed by atoms with van der Waals surface area (Å²) in [7, 11) is 0. The average molecular weight is 217 g/mol. The second-order valence-corrected chi connectivity index (χ2v) is 5.47. The van der Waals surface area contributed by atoms with Gasteiger partial charge in [0.1, 0.15) is 5.25 Å². The van der Waals surface area contributed by atoms with Gasteiger partial charge >= 0.3 is 5.24 Å². The number of hydrogen-bond acceptors (Lipinski definition) is 2. The Morgan fingerprint density at radius 3 is 2.36 bits per heavy atom. The Labute approximate surface area is 89.0 Å². The van der Waals surface area contributed by atoms with Gasteiger partial charge in [-0.1, -0.05) is 0 Å². The van der Waals surface area contributed by atoms with Crippen LogP contribution in [0.2, 0.25) is 0 Å². The molecule has 0 saturated heterocycles. The molecule has 2 atom stereocenters. The molecule has 1 aliphatic carbocycles. The minimum atomic E-state index is -1.32. The third-order valence-electron chi connectivity index (χ3n) is 2.82. The Hall–Kier alpha value is -0.220. The Morgan fingerprint density at radius 1 is 1.50 bits per heavy atom. The van der Waals surface area contributed by atoms with Crippen molar-refractivity contribution in [1.29, 1.82) is 0 Å². The third kappa shape index (κ3) is 2.64. The molecule has 4 heteroatoms. The van der Waals surface area contributed by atoms with Gasteiger partial charge in [-0.15, -0.1) is 0 Å². The van der Waals surface area contributed by atoms with E-state index in [4.69, 9.17) is 0 Å². The Kier molecular flexibility index (Phi) is 4.26. The molecule has 0 spiro atoms. The standard InChI is InChI=1S/C10H19NO2S/c1-4-11(5-2)10(12)14(13)8(3)9-6-7-9/h8-9H,4-7H2,1-3H3. The summed E-state index contributed by atoms with van der Waals surface area (Å²) in [6.45, 7) is 7.06. The zero-order chi connectivity index (χ0) is 10.7. The summed E-state index contributed by atoms with van der Waals surface area (Å²) in [6.07, 6.45) is 2.27. The van der Waals surface area contributed by atoms with E-state index in [1.165, 1.54) is 0 Å². The van der Waals surface area contributed by atoms with Crippen molar-refractivity contribution in [2.45, 2.75) is 38.9 Å². The summed E-state index contributed by atoms with van der Waals surface area (Å²) in [5.74, 6) is 0.523. The van der Waals surface area contributed by atoms with E-state index in [1.54, 1.807) is 4.90 Å². The second kappa shape index (κ2) is 5.03. The van der Waals surface area contributed by atoms with Gasteiger partial charge in [0, 0.05) is 30.2 Å². The molecular formula is C10H19NO2S. The fraction of sp³-hybridized carbons (Fsp3) is 0.900. The molecule has 82 valence electrons. The highest BCUT2D eigenvalue weighted by Gasteiger charge is 2.40. The highest BCUT2D eigenvalue weighted by Crippen LogP contribution is 2.36. The summed E-state index contributed by atoms with van der Waals surface area (Å²) in [6, 6.07) is 0. The molecule has 1 amide bonds. The van der Waals surface area contributed by atoms with Crippen LogP contribution in [0.5, 0.6) is 0 Å². The predicted octanol–water partition coefficient (Wildman–Crippen LogP) is 2.00. The fourth-order valence-corrected chi connectivity index (χ4v) is 2.96. The Balaban J connectivity index is 2.48. The molecule has 1 saturated carbocycles. The molecule has 1 fully saturated rings. The van der Waals surface area contributed by atoms with Crippen molar-refractivity contribution in [3.05, 3.63) is 0 Å². The lowest BCUT2D eigenvalue weighted by molar-refractivity contribution is 0.225. The van der Waals surface area contributed by atoms with Crippen molar-refractivity contribution in [2.24, 2.45) is 5.92 Å². The van der Waals surface area contributed by atoms with Gasteiger partial charge in [0.15, 0.2) is 0 Å². The van der Waals surface area contributed by atoms with Gasteiger partial charge in [0.2, 0.25) is 0 Å². The number of carbonyl (C=O) groups is 1. The SMILES string of the molecule is CCN(CC)C(=O)[S+]([O-])C(C)C1CC1. The summed E-state index contributed by atoms with van der Waals surface area (Å²) < 4.78 is 11.8. The first-order valence-electron chi connectivity index (χ1n) is 5.31. The lowest BCUT2D eigenvalue weighted by Gasteiger charge is -2.22. The fourth-order valence-electron chi connectivity index (χ4n) is 1.51. The largest absolute Gasteiger partial charge is 0.607 e. The zero-order valence-electron chi connectivity index (χ0n) is 9.16. The summed E-state index contributed by atoms with van der Waals surface area (Å²) >= 11 is -1.32. The van der Waals surface area contributed by atoms with Crippen LogP contribution in [-0.4, -0.2) is 33.0 Å². The van der Waals surface area contributed by atoms with Crippen LogP contribution in [0.15, 0.2) is 0 Å². The first-order valence-corrected chi connectivity index (χ1v) is 6.52. The third-order valence-corrected chi connectivity index (χ3v) is 4.48. The van der Waals surface area contributed by atoms with Crippen LogP contribution >= 0.6 is 0 Å². The van der Waals surface area contributed by atoms with Gasteiger partial charge in [-0.05, 0) is 33.6 Å². The molecule has 0 radical (unpaired) electrons. The van der Waals surface area contributed by atoms with Gasteiger partial charge in [0.25, 0.3) is 0 Å². The van der Waals surface area contributed by atoms with Crippen LogP contribution in [0.4, 0.5) is 4.79 Å². The quantitative estimate of drug-likeness (QED) is 0.676. The maximum absolute atomic E-state index is 11.8. The maximum Gasteiger partial charge on any atom is 0.429 e. The maximum atomic E-state index is 11.8. The summed E-state index contributed by atoms with van der Waals surface area (Å²) in [4.78, 5) is 13.4. The molecule has 0 aromatic heterocycles. The van der Waals surface area contributed by atoms with Gasteiger partial charge in [-0.2, -0.15) is 0 Å². The summed E-state index contributed by atoms with van der Waals surface area (Å²) in [5, 5.41) is -0.141. The number of hydrogen-bond donors (Lipinski definition) is 0. The van der Waals surface area contributed by atoms with E-state index in [-0.39, 0.29) is 10.5 Å². The van der Waals surface area contributed by atoms with E-state index in [0.29, 0.717) is 19.0 Å².